The second-order valence-corrected chi connectivity index (χ2v) is 7.98. The van der Waals surface area contributed by atoms with Crippen LogP contribution in [0.4, 0.5) is 0 Å². The standard InChI is InChI=1S/C19H30ClN/c1-5-21-13-14-10-11-15(19(2,3)4)12-17(14)16-8-6-7-9-18(16)20/h6-9,14-15,17,21H,5,10-13H2,1-4H3. The Balaban J connectivity index is 2.23. The van der Waals surface area contributed by atoms with Crippen LogP contribution in [0.2, 0.25) is 5.02 Å². The Bertz CT molecular complexity index is 449. The Morgan fingerprint density at radius 2 is 1.90 bits per heavy atom. The van der Waals surface area contributed by atoms with E-state index in [1.165, 1.54) is 24.8 Å². The Morgan fingerprint density at radius 3 is 2.52 bits per heavy atom. The first kappa shape index (κ1) is 16.8. The minimum Gasteiger partial charge on any atom is -0.317 e. The summed E-state index contributed by atoms with van der Waals surface area (Å²) in [4.78, 5) is 0. The normalized spacial score (nSPS) is 26.8. The molecule has 2 rings (SSSR count). The lowest BCUT2D eigenvalue weighted by Gasteiger charge is -2.42. The molecule has 1 aromatic carbocycles. The molecule has 0 heterocycles. The highest BCUT2D eigenvalue weighted by Gasteiger charge is 2.36. The lowest BCUT2D eigenvalue weighted by atomic mass is 9.64. The van der Waals surface area contributed by atoms with Gasteiger partial charge < -0.3 is 5.32 Å². The van der Waals surface area contributed by atoms with Crippen LogP contribution in [0.5, 0.6) is 0 Å². The Morgan fingerprint density at radius 1 is 1.19 bits per heavy atom. The molecule has 1 N–H and O–H groups in total. The van der Waals surface area contributed by atoms with Gasteiger partial charge in [-0.3, -0.25) is 0 Å². The largest absolute Gasteiger partial charge is 0.317 e. The number of hydrogen-bond donors (Lipinski definition) is 1. The van der Waals surface area contributed by atoms with Crippen LogP contribution in [0.25, 0.3) is 0 Å². The molecule has 1 aliphatic carbocycles. The van der Waals surface area contributed by atoms with Crippen molar-refractivity contribution in [3.8, 4) is 0 Å². The number of nitrogens with one attached hydrogen (secondary N) is 1. The maximum Gasteiger partial charge on any atom is 0.0440 e. The molecule has 0 aromatic heterocycles. The summed E-state index contributed by atoms with van der Waals surface area (Å²) in [5.74, 6) is 2.09. The van der Waals surface area contributed by atoms with Crippen molar-refractivity contribution in [3.05, 3.63) is 34.9 Å². The van der Waals surface area contributed by atoms with Gasteiger partial charge in [-0.25, -0.2) is 0 Å². The molecular weight excluding hydrogens is 278 g/mol. The van der Waals surface area contributed by atoms with Crippen LogP contribution in [0.3, 0.4) is 0 Å². The first-order chi connectivity index (χ1) is 9.93. The van der Waals surface area contributed by atoms with Crippen molar-refractivity contribution in [2.75, 3.05) is 13.1 Å². The van der Waals surface area contributed by atoms with E-state index < -0.39 is 0 Å². The first-order valence-electron chi connectivity index (χ1n) is 8.38. The van der Waals surface area contributed by atoms with E-state index in [1.54, 1.807) is 0 Å². The average molecular weight is 308 g/mol. The van der Waals surface area contributed by atoms with Crippen LogP contribution >= 0.6 is 11.6 Å². The molecule has 0 radical (unpaired) electrons. The van der Waals surface area contributed by atoms with E-state index in [0.29, 0.717) is 17.3 Å². The van der Waals surface area contributed by atoms with E-state index in [9.17, 15) is 0 Å². The number of rotatable bonds is 4. The number of hydrogen-bond acceptors (Lipinski definition) is 1. The third-order valence-electron chi connectivity index (χ3n) is 5.18. The van der Waals surface area contributed by atoms with Crippen molar-refractivity contribution in [2.24, 2.45) is 17.3 Å². The summed E-state index contributed by atoms with van der Waals surface area (Å²) in [6.45, 7) is 11.5. The van der Waals surface area contributed by atoms with Crippen molar-refractivity contribution in [1.29, 1.82) is 0 Å². The fraction of sp³-hybridized carbons (Fsp3) is 0.684. The molecule has 2 heteroatoms. The van der Waals surface area contributed by atoms with Crippen molar-refractivity contribution < 1.29 is 0 Å². The molecule has 1 saturated carbocycles. The molecule has 21 heavy (non-hydrogen) atoms. The second kappa shape index (κ2) is 7.15. The van der Waals surface area contributed by atoms with E-state index in [2.05, 4.69) is 45.1 Å². The summed E-state index contributed by atoms with van der Waals surface area (Å²) in [6.07, 6.45) is 3.93. The van der Waals surface area contributed by atoms with Gasteiger partial charge in [0.1, 0.15) is 0 Å². The van der Waals surface area contributed by atoms with Crippen LogP contribution in [0.15, 0.2) is 24.3 Å². The third-order valence-corrected chi connectivity index (χ3v) is 5.52. The lowest BCUT2D eigenvalue weighted by Crippen LogP contribution is -2.35. The molecule has 0 spiro atoms. The summed E-state index contributed by atoms with van der Waals surface area (Å²) in [7, 11) is 0. The second-order valence-electron chi connectivity index (χ2n) is 7.57. The summed E-state index contributed by atoms with van der Waals surface area (Å²) in [5.41, 5.74) is 1.75. The maximum absolute atomic E-state index is 6.50. The van der Waals surface area contributed by atoms with Gasteiger partial charge in [0.2, 0.25) is 0 Å². The van der Waals surface area contributed by atoms with Crippen molar-refractivity contribution in [3.63, 3.8) is 0 Å². The molecule has 1 fully saturated rings. The van der Waals surface area contributed by atoms with Crippen molar-refractivity contribution in [2.45, 2.75) is 52.9 Å². The highest BCUT2D eigenvalue weighted by Crippen LogP contribution is 2.47. The van der Waals surface area contributed by atoms with Gasteiger partial charge in [-0.1, -0.05) is 57.5 Å². The molecule has 0 aliphatic heterocycles. The zero-order valence-corrected chi connectivity index (χ0v) is 14.7. The monoisotopic (exact) mass is 307 g/mol. The molecule has 3 atom stereocenters. The molecule has 1 aromatic rings. The summed E-state index contributed by atoms with van der Waals surface area (Å²) in [6, 6.07) is 8.44. The predicted molar refractivity (Wildman–Crippen MR) is 93.0 cm³/mol. The highest BCUT2D eigenvalue weighted by atomic mass is 35.5. The molecule has 0 saturated heterocycles. The zero-order valence-electron chi connectivity index (χ0n) is 14.0. The van der Waals surface area contributed by atoms with Gasteiger partial charge in [-0.05, 0) is 67.2 Å². The van der Waals surface area contributed by atoms with Crippen LogP contribution in [0.1, 0.15) is 58.4 Å². The number of halogens is 1. The Hall–Kier alpha value is -0.530. The third kappa shape index (κ3) is 4.23. The quantitative estimate of drug-likeness (QED) is 0.775. The van der Waals surface area contributed by atoms with Crippen molar-refractivity contribution >= 4 is 11.6 Å². The van der Waals surface area contributed by atoms with Gasteiger partial charge in [-0.2, -0.15) is 0 Å². The SMILES string of the molecule is CCNCC1CCC(C(C)(C)C)CC1c1ccccc1Cl. The molecule has 1 nitrogen and oxygen atoms in total. The molecule has 1 aliphatic rings. The van der Waals surface area contributed by atoms with Crippen molar-refractivity contribution in [1.82, 2.24) is 5.32 Å². The van der Waals surface area contributed by atoms with Crippen LogP contribution < -0.4 is 5.32 Å². The van der Waals surface area contributed by atoms with Crippen LogP contribution in [0, 0.1) is 17.3 Å². The maximum atomic E-state index is 6.50. The van der Waals surface area contributed by atoms with E-state index in [1.807, 2.05) is 12.1 Å². The van der Waals surface area contributed by atoms with Gasteiger partial charge in [0.05, 0.1) is 0 Å². The van der Waals surface area contributed by atoms with E-state index in [4.69, 9.17) is 11.6 Å². The minimum atomic E-state index is 0.392. The van der Waals surface area contributed by atoms with Crippen LogP contribution in [-0.2, 0) is 0 Å². The molecule has 0 bridgehead atoms. The lowest BCUT2D eigenvalue weighted by molar-refractivity contribution is 0.129. The van der Waals surface area contributed by atoms with E-state index in [-0.39, 0.29) is 0 Å². The smallest absolute Gasteiger partial charge is 0.0440 e. The average Bonchev–Trinajstić information content (AvgIpc) is 2.44. The Labute approximate surface area is 135 Å². The minimum absolute atomic E-state index is 0.392. The molecule has 118 valence electrons. The summed E-state index contributed by atoms with van der Waals surface area (Å²) in [5, 5.41) is 4.49. The highest BCUT2D eigenvalue weighted by molar-refractivity contribution is 6.31. The van der Waals surface area contributed by atoms with Gasteiger partial charge in [-0.15, -0.1) is 0 Å². The Kier molecular flexibility index (Phi) is 5.73. The molecular formula is C19H30ClN. The predicted octanol–water partition coefficient (Wildman–Crippen LogP) is 5.50. The zero-order chi connectivity index (χ0) is 15.5. The molecule has 0 amide bonds. The van der Waals surface area contributed by atoms with Gasteiger partial charge in [0, 0.05) is 5.02 Å². The first-order valence-corrected chi connectivity index (χ1v) is 8.76. The number of benzene rings is 1. The molecule has 3 unspecified atom stereocenters. The summed E-state index contributed by atoms with van der Waals surface area (Å²) >= 11 is 6.50. The fourth-order valence-corrected chi connectivity index (χ4v) is 4.03. The fourth-order valence-electron chi connectivity index (χ4n) is 3.75. The summed E-state index contributed by atoms with van der Waals surface area (Å²) < 4.78 is 0. The van der Waals surface area contributed by atoms with E-state index >= 15 is 0 Å². The van der Waals surface area contributed by atoms with Crippen LogP contribution in [-0.4, -0.2) is 13.1 Å². The van der Waals surface area contributed by atoms with Gasteiger partial charge in [0.15, 0.2) is 0 Å². The van der Waals surface area contributed by atoms with Gasteiger partial charge >= 0.3 is 0 Å². The topological polar surface area (TPSA) is 12.0 Å². The van der Waals surface area contributed by atoms with E-state index in [0.717, 1.165) is 24.0 Å². The van der Waals surface area contributed by atoms with Gasteiger partial charge in [0.25, 0.3) is 0 Å².